The van der Waals surface area contributed by atoms with E-state index < -0.39 is 0 Å². The van der Waals surface area contributed by atoms with Crippen LogP contribution in [0, 0.1) is 5.92 Å². The molecule has 0 rings (SSSR count). The van der Waals surface area contributed by atoms with Gasteiger partial charge in [0.15, 0.2) is 0 Å². The van der Waals surface area contributed by atoms with Crippen molar-refractivity contribution >= 4 is 11.8 Å². The Hall–Kier alpha value is 0.310. The monoisotopic (exact) mass is 148 g/mol. The molecule has 0 aliphatic heterocycles. The molecule has 1 unspecified atom stereocenters. The van der Waals surface area contributed by atoms with Crippen molar-refractivity contribution in [2.24, 2.45) is 5.92 Å². The maximum Gasteiger partial charge on any atom is 0.0583 e. The highest BCUT2D eigenvalue weighted by molar-refractivity contribution is 7.99. The zero-order valence-corrected chi connectivity index (χ0v) is 7.49. The number of hydrogen-bond acceptors (Lipinski definition) is 2. The fraction of sp³-hybridized carbons (Fsp3) is 1.00. The molecule has 0 radical (unpaired) electrons. The van der Waals surface area contributed by atoms with Gasteiger partial charge in [-0.2, -0.15) is 11.8 Å². The summed E-state index contributed by atoms with van der Waals surface area (Å²) in [7, 11) is 1.76. The van der Waals surface area contributed by atoms with Gasteiger partial charge >= 0.3 is 0 Å². The molecule has 9 heavy (non-hydrogen) atoms. The molecule has 0 fully saturated rings. The van der Waals surface area contributed by atoms with Gasteiger partial charge in [-0.15, -0.1) is 0 Å². The van der Waals surface area contributed by atoms with E-state index in [-0.39, 0.29) is 0 Å². The lowest BCUT2D eigenvalue weighted by atomic mass is 10.1. The summed E-state index contributed by atoms with van der Waals surface area (Å²) in [6, 6.07) is 0. The first-order chi connectivity index (χ1) is 4.22. The van der Waals surface area contributed by atoms with E-state index in [0.29, 0.717) is 5.25 Å². The van der Waals surface area contributed by atoms with Crippen LogP contribution in [0.4, 0.5) is 0 Å². The third-order valence-electron chi connectivity index (χ3n) is 1.38. The van der Waals surface area contributed by atoms with Gasteiger partial charge < -0.3 is 4.74 Å². The van der Waals surface area contributed by atoms with Gasteiger partial charge in [-0.1, -0.05) is 13.8 Å². The van der Waals surface area contributed by atoms with Crippen molar-refractivity contribution in [3.05, 3.63) is 0 Å². The fourth-order valence-corrected chi connectivity index (χ4v) is 1.51. The molecule has 2 heteroatoms. The van der Waals surface area contributed by atoms with Crippen molar-refractivity contribution in [3.63, 3.8) is 0 Å². The second-order valence-corrected chi connectivity index (χ2v) is 3.55. The van der Waals surface area contributed by atoms with Gasteiger partial charge in [0, 0.05) is 12.4 Å². The SMILES string of the molecule is COCC(SC)C(C)C. The molecule has 1 atom stereocenters. The third-order valence-corrected chi connectivity index (χ3v) is 2.66. The zero-order chi connectivity index (χ0) is 7.28. The normalized spacial score (nSPS) is 14.3. The number of rotatable bonds is 4. The molecule has 0 aromatic rings. The molecule has 0 saturated heterocycles. The highest BCUT2D eigenvalue weighted by Gasteiger charge is 2.09. The second kappa shape index (κ2) is 5.12. The van der Waals surface area contributed by atoms with Crippen LogP contribution in [0.15, 0.2) is 0 Å². The average Bonchev–Trinajstić information content (AvgIpc) is 1.82. The molecular weight excluding hydrogens is 132 g/mol. The summed E-state index contributed by atoms with van der Waals surface area (Å²) >= 11 is 1.88. The average molecular weight is 148 g/mol. The number of thioether (sulfide) groups is 1. The van der Waals surface area contributed by atoms with E-state index >= 15 is 0 Å². The first kappa shape index (κ1) is 9.31. The molecular formula is C7H16OS. The molecule has 56 valence electrons. The Morgan fingerprint density at radius 3 is 2.11 bits per heavy atom. The zero-order valence-electron chi connectivity index (χ0n) is 6.68. The van der Waals surface area contributed by atoms with Crippen molar-refractivity contribution in [2.75, 3.05) is 20.0 Å². The summed E-state index contributed by atoms with van der Waals surface area (Å²) in [5.74, 6) is 0.722. The Balaban J connectivity index is 3.41. The summed E-state index contributed by atoms with van der Waals surface area (Å²) in [4.78, 5) is 0. The lowest BCUT2D eigenvalue weighted by Gasteiger charge is -2.16. The minimum atomic E-state index is 0.662. The van der Waals surface area contributed by atoms with E-state index in [1.54, 1.807) is 7.11 Å². The van der Waals surface area contributed by atoms with Crippen molar-refractivity contribution in [2.45, 2.75) is 19.1 Å². The van der Waals surface area contributed by atoms with E-state index in [9.17, 15) is 0 Å². The second-order valence-electron chi connectivity index (χ2n) is 2.47. The molecule has 0 saturated carbocycles. The molecule has 0 aliphatic carbocycles. The summed E-state index contributed by atoms with van der Waals surface area (Å²) in [6.07, 6.45) is 2.13. The summed E-state index contributed by atoms with van der Waals surface area (Å²) in [6.45, 7) is 5.32. The van der Waals surface area contributed by atoms with E-state index in [1.165, 1.54) is 0 Å². The van der Waals surface area contributed by atoms with Crippen molar-refractivity contribution in [1.29, 1.82) is 0 Å². The van der Waals surface area contributed by atoms with Gasteiger partial charge in [-0.25, -0.2) is 0 Å². The van der Waals surface area contributed by atoms with Gasteiger partial charge in [0.05, 0.1) is 6.61 Å². The number of methoxy groups -OCH3 is 1. The standard InChI is InChI=1S/C7H16OS/c1-6(2)7(9-4)5-8-3/h6-7H,5H2,1-4H3. The van der Waals surface area contributed by atoms with Crippen molar-refractivity contribution in [1.82, 2.24) is 0 Å². The Kier molecular flexibility index (Phi) is 5.30. The maximum atomic E-state index is 5.04. The first-order valence-corrected chi connectivity index (χ1v) is 4.53. The third kappa shape index (κ3) is 3.82. The summed E-state index contributed by atoms with van der Waals surface area (Å²) < 4.78 is 5.04. The van der Waals surface area contributed by atoms with Crippen LogP contribution in [0.3, 0.4) is 0 Å². The Morgan fingerprint density at radius 1 is 1.44 bits per heavy atom. The van der Waals surface area contributed by atoms with Crippen LogP contribution in [0.5, 0.6) is 0 Å². The van der Waals surface area contributed by atoms with Crippen molar-refractivity contribution < 1.29 is 4.74 Å². The van der Waals surface area contributed by atoms with Gasteiger partial charge in [-0.3, -0.25) is 0 Å². The van der Waals surface area contributed by atoms with Gasteiger partial charge in [-0.05, 0) is 12.2 Å². The maximum absolute atomic E-state index is 5.04. The first-order valence-electron chi connectivity index (χ1n) is 3.24. The predicted molar refractivity (Wildman–Crippen MR) is 44.0 cm³/mol. The van der Waals surface area contributed by atoms with E-state index in [1.807, 2.05) is 11.8 Å². The Bertz CT molecular complexity index is 63.9. The quantitative estimate of drug-likeness (QED) is 0.603. The Morgan fingerprint density at radius 2 is 2.00 bits per heavy atom. The van der Waals surface area contributed by atoms with Crippen LogP contribution >= 0.6 is 11.8 Å². The fourth-order valence-electron chi connectivity index (χ4n) is 0.697. The van der Waals surface area contributed by atoms with Crippen LogP contribution in [-0.2, 0) is 4.74 Å². The largest absolute Gasteiger partial charge is 0.384 e. The number of hydrogen-bond donors (Lipinski definition) is 0. The molecule has 0 aliphatic rings. The molecule has 0 N–H and O–H groups in total. The molecule has 0 aromatic carbocycles. The smallest absolute Gasteiger partial charge is 0.0583 e. The van der Waals surface area contributed by atoms with E-state index in [4.69, 9.17) is 4.74 Å². The van der Waals surface area contributed by atoms with E-state index in [2.05, 4.69) is 20.1 Å². The van der Waals surface area contributed by atoms with Crippen LogP contribution in [0.2, 0.25) is 0 Å². The molecule has 0 spiro atoms. The highest BCUT2D eigenvalue weighted by Crippen LogP contribution is 2.15. The summed E-state index contributed by atoms with van der Waals surface area (Å²) in [5, 5.41) is 0.662. The molecule has 0 heterocycles. The van der Waals surface area contributed by atoms with Crippen molar-refractivity contribution in [3.8, 4) is 0 Å². The van der Waals surface area contributed by atoms with Crippen LogP contribution < -0.4 is 0 Å². The molecule has 0 bridgehead atoms. The van der Waals surface area contributed by atoms with E-state index in [0.717, 1.165) is 12.5 Å². The van der Waals surface area contributed by atoms with Crippen LogP contribution in [0.1, 0.15) is 13.8 Å². The molecule has 1 nitrogen and oxygen atoms in total. The predicted octanol–water partition coefficient (Wildman–Crippen LogP) is 2.02. The van der Waals surface area contributed by atoms with Gasteiger partial charge in [0.1, 0.15) is 0 Å². The van der Waals surface area contributed by atoms with Crippen LogP contribution in [-0.4, -0.2) is 25.2 Å². The summed E-state index contributed by atoms with van der Waals surface area (Å²) in [5.41, 5.74) is 0. The molecule has 0 amide bonds. The molecule has 0 aromatic heterocycles. The topological polar surface area (TPSA) is 9.23 Å². The minimum Gasteiger partial charge on any atom is -0.384 e. The van der Waals surface area contributed by atoms with Crippen LogP contribution in [0.25, 0.3) is 0 Å². The lowest BCUT2D eigenvalue weighted by Crippen LogP contribution is -2.16. The Labute approximate surface area is 62.2 Å². The number of ether oxygens (including phenoxy) is 1. The minimum absolute atomic E-state index is 0.662. The lowest BCUT2D eigenvalue weighted by molar-refractivity contribution is 0.188. The highest BCUT2D eigenvalue weighted by atomic mass is 32.2. The van der Waals surface area contributed by atoms with Gasteiger partial charge in [0.25, 0.3) is 0 Å². The van der Waals surface area contributed by atoms with Gasteiger partial charge in [0.2, 0.25) is 0 Å².